The van der Waals surface area contributed by atoms with Crippen LogP contribution < -0.4 is 0 Å². The van der Waals surface area contributed by atoms with E-state index in [-0.39, 0.29) is 0 Å². The second-order valence-corrected chi connectivity index (χ2v) is 4.26. The van der Waals surface area contributed by atoms with Gasteiger partial charge in [0.1, 0.15) is 5.84 Å². The minimum Gasteiger partial charge on any atom is -0.360 e. The molecule has 1 aromatic rings. The predicted octanol–water partition coefficient (Wildman–Crippen LogP) is 2.74. The molecule has 0 saturated heterocycles. The monoisotopic (exact) mass is 214 g/mol. The van der Waals surface area contributed by atoms with E-state index >= 15 is 0 Å². The fourth-order valence-electron chi connectivity index (χ4n) is 1.86. The highest BCUT2D eigenvalue weighted by Gasteiger charge is 2.06. The van der Waals surface area contributed by atoms with Crippen LogP contribution in [-0.2, 0) is 0 Å². The van der Waals surface area contributed by atoms with Crippen LogP contribution in [0.15, 0.2) is 35.3 Å². The maximum absolute atomic E-state index is 4.50. The van der Waals surface area contributed by atoms with Gasteiger partial charge in [-0.3, -0.25) is 4.99 Å². The number of hydrogen-bond acceptors (Lipinski definition) is 2. The van der Waals surface area contributed by atoms with Gasteiger partial charge >= 0.3 is 0 Å². The molecular weight excluding hydrogens is 196 g/mol. The number of amidine groups is 1. The van der Waals surface area contributed by atoms with Crippen molar-refractivity contribution < 1.29 is 0 Å². The van der Waals surface area contributed by atoms with Gasteiger partial charge in [-0.1, -0.05) is 35.9 Å². The summed E-state index contributed by atoms with van der Waals surface area (Å²) in [6.45, 7) is 4.18. The lowest BCUT2D eigenvalue weighted by atomic mass is 10.1. The Morgan fingerprint density at radius 2 is 2.19 bits per heavy atom. The molecule has 1 aromatic carbocycles. The highest BCUT2D eigenvalue weighted by molar-refractivity contribution is 5.96. The molecule has 0 N–H and O–H groups in total. The van der Waals surface area contributed by atoms with Gasteiger partial charge in [-0.25, -0.2) is 0 Å². The Bertz CT molecular complexity index is 418. The largest absolute Gasteiger partial charge is 0.360 e. The second-order valence-electron chi connectivity index (χ2n) is 4.26. The van der Waals surface area contributed by atoms with E-state index in [1.807, 2.05) is 0 Å². The van der Waals surface area contributed by atoms with Crippen molar-refractivity contribution in [1.29, 1.82) is 0 Å². The zero-order chi connectivity index (χ0) is 11.4. The van der Waals surface area contributed by atoms with Crippen LogP contribution in [0.4, 0.5) is 0 Å². The average Bonchev–Trinajstić information content (AvgIpc) is 2.28. The summed E-state index contributed by atoms with van der Waals surface area (Å²) in [5.74, 6) is 1.09. The minimum absolute atomic E-state index is 0.956. The van der Waals surface area contributed by atoms with Crippen LogP contribution in [0, 0.1) is 6.92 Å². The molecule has 0 spiro atoms. The van der Waals surface area contributed by atoms with E-state index in [1.54, 1.807) is 0 Å². The van der Waals surface area contributed by atoms with Crippen molar-refractivity contribution in [3.8, 4) is 0 Å². The molecule has 2 rings (SSSR count). The molecular formula is C14H18N2. The summed E-state index contributed by atoms with van der Waals surface area (Å²) >= 11 is 0. The Morgan fingerprint density at radius 1 is 1.31 bits per heavy atom. The summed E-state index contributed by atoms with van der Waals surface area (Å²) in [4.78, 5) is 6.71. The Hall–Kier alpha value is -1.57. The van der Waals surface area contributed by atoms with Crippen LogP contribution in [-0.4, -0.2) is 30.9 Å². The van der Waals surface area contributed by atoms with Crippen LogP contribution in [0.3, 0.4) is 0 Å². The lowest BCUT2D eigenvalue weighted by Crippen LogP contribution is -2.30. The third-order valence-corrected chi connectivity index (χ3v) is 2.78. The molecule has 0 aromatic heterocycles. The minimum atomic E-state index is 0.956. The van der Waals surface area contributed by atoms with E-state index < -0.39 is 0 Å². The smallest absolute Gasteiger partial charge is 0.123 e. The quantitative estimate of drug-likeness (QED) is 0.739. The number of hydrogen-bond donors (Lipinski definition) is 0. The molecule has 0 saturated carbocycles. The van der Waals surface area contributed by atoms with E-state index in [2.05, 4.69) is 60.3 Å². The molecule has 1 aliphatic rings. The molecule has 0 aliphatic carbocycles. The molecule has 2 nitrogen and oxygen atoms in total. The number of rotatable bonds is 2. The third kappa shape index (κ3) is 2.72. The van der Waals surface area contributed by atoms with Gasteiger partial charge in [0, 0.05) is 20.1 Å². The van der Waals surface area contributed by atoms with Gasteiger partial charge in [-0.05, 0) is 25.0 Å². The zero-order valence-corrected chi connectivity index (χ0v) is 9.98. The van der Waals surface area contributed by atoms with Gasteiger partial charge in [0.2, 0.25) is 0 Å². The fourth-order valence-corrected chi connectivity index (χ4v) is 1.86. The number of aryl methyl sites for hydroxylation is 1. The second kappa shape index (κ2) is 4.97. The molecule has 0 amide bonds. The molecule has 0 atom stereocenters. The van der Waals surface area contributed by atoms with Crippen molar-refractivity contribution in [3.63, 3.8) is 0 Å². The summed E-state index contributed by atoms with van der Waals surface area (Å²) in [6, 6.07) is 8.50. The summed E-state index contributed by atoms with van der Waals surface area (Å²) in [5, 5.41) is 0. The lowest BCUT2D eigenvalue weighted by molar-refractivity contribution is 0.470. The van der Waals surface area contributed by atoms with Crippen LogP contribution >= 0.6 is 0 Å². The van der Waals surface area contributed by atoms with Crippen molar-refractivity contribution in [2.75, 3.05) is 20.1 Å². The normalized spacial score (nSPS) is 16.6. The Labute approximate surface area is 97.3 Å². The first kappa shape index (κ1) is 10.9. The van der Waals surface area contributed by atoms with Gasteiger partial charge in [0.05, 0.1) is 0 Å². The fraction of sp³-hybridized carbons (Fsp3) is 0.357. The summed E-state index contributed by atoms with van der Waals surface area (Å²) in [6.07, 6.45) is 5.40. The molecule has 84 valence electrons. The number of likely N-dealkylation sites (N-methyl/N-ethyl adjacent to an activating group) is 1. The van der Waals surface area contributed by atoms with Gasteiger partial charge in [-0.2, -0.15) is 0 Å². The van der Waals surface area contributed by atoms with E-state index in [1.165, 1.54) is 11.1 Å². The van der Waals surface area contributed by atoms with E-state index in [0.29, 0.717) is 0 Å². The maximum atomic E-state index is 4.50. The maximum Gasteiger partial charge on any atom is 0.123 e. The van der Waals surface area contributed by atoms with Crippen molar-refractivity contribution in [2.24, 2.45) is 4.99 Å². The standard InChI is InChI=1S/C14H18N2/c1-12-5-3-6-13(11-12)7-8-14-15-9-4-10-16(14)2/h3,5-8,11H,4,9-10H2,1-2H3/b8-7+. The van der Waals surface area contributed by atoms with Crippen molar-refractivity contribution >= 4 is 11.9 Å². The molecule has 1 aliphatic heterocycles. The molecule has 2 heteroatoms. The number of benzene rings is 1. The SMILES string of the molecule is Cc1cccc(/C=C/C2=NCCCN2C)c1. The predicted molar refractivity (Wildman–Crippen MR) is 69.8 cm³/mol. The first-order valence-electron chi connectivity index (χ1n) is 5.76. The Balaban J connectivity index is 2.11. The topological polar surface area (TPSA) is 15.6 Å². The van der Waals surface area contributed by atoms with Crippen molar-refractivity contribution in [2.45, 2.75) is 13.3 Å². The third-order valence-electron chi connectivity index (χ3n) is 2.78. The molecule has 0 radical (unpaired) electrons. The van der Waals surface area contributed by atoms with E-state index in [4.69, 9.17) is 0 Å². The van der Waals surface area contributed by atoms with E-state index in [0.717, 1.165) is 25.3 Å². The lowest BCUT2D eigenvalue weighted by Gasteiger charge is -2.22. The van der Waals surface area contributed by atoms with Crippen molar-refractivity contribution in [1.82, 2.24) is 4.90 Å². The average molecular weight is 214 g/mol. The highest BCUT2D eigenvalue weighted by Crippen LogP contribution is 2.08. The Kier molecular flexibility index (Phi) is 3.40. The molecule has 0 unspecified atom stereocenters. The van der Waals surface area contributed by atoms with Crippen LogP contribution in [0.25, 0.3) is 6.08 Å². The summed E-state index contributed by atoms with van der Waals surface area (Å²) in [7, 11) is 2.10. The first-order chi connectivity index (χ1) is 7.75. The van der Waals surface area contributed by atoms with Crippen LogP contribution in [0.1, 0.15) is 17.5 Å². The molecule has 16 heavy (non-hydrogen) atoms. The zero-order valence-electron chi connectivity index (χ0n) is 9.98. The van der Waals surface area contributed by atoms with Gasteiger partial charge in [0.15, 0.2) is 0 Å². The van der Waals surface area contributed by atoms with E-state index in [9.17, 15) is 0 Å². The molecule has 1 heterocycles. The van der Waals surface area contributed by atoms with Gasteiger partial charge < -0.3 is 4.90 Å². The van der Waals surface area contributed by atoms with Crippen LogP contribution in [0.2, 0.25) is 0 Å². The Morgan fingerprint density at radius 3 is 2.94 bits per heavy atom. The number of nitrogens with zero attached hydrogens (tertiary/aromatic N) is 2. The molecule has 0 bridgehead atoms. The van der Waals surface area contributed by atoms with Crippen molar-refractivity contribution in [3.05, 3.63) is 41.5 Å². The van der Waals surface area contributed by atoms with Gasteiger partial charge in [-0.15, -0.1) is 0 Å². The summed E-state index contributed by atoms with van der Waals surface area (Å²) < 4.78 is 0. The first-order valence-corrected chi connectivity index (χ1v) is 5.76. The van der Waals surface area contributed by atoms with Crippen LogP contribution in [0.5, 0.6) is 0 Å². The molecule has 0 fully saturated rings. The highest BCUT2D eigenvalue weighted by atomic mass is 15.2. The van der Waals surface area contributed by atoms with Gasteiger partial charge in [0.25, 0.3) is 0 Å². The summed E-state index contributed by atoms with van der Waals surface area (Å²) in [5.41, 5.74) is 2.53. The number of aliphatic imine (C=N–C) groups is 1.